The number of morpholine rings is 1. The fourth-order valence-corrected chi connectivity index (χ4v) is 3.41. The number of carbonyl (C=O) groups is 2. The molecule has 1 fully saturated rings. The highest BCUT2D eigenvalue weighted by Gasteiger charge is 2.30. The number of anilines is 1. The normalized spacial score (nSPS) is 18.8. The maximum atomic E-state index is 12.6. The summed E-state index contributed by atoms with van der Waals surface area (Å²) in [5, 5.41) is 5.06. The zero-order valence-corrected chi connectivity index (χ0v) is 17.8. The zero-order valence-electron chi connectivity index (χ0n) is 17.8. The van der Waals surface area contributed by atoms with Crippen molar-refractivity contribution in [1.82, 2.24) is 15.6 Å². The van der Waals surface area contributed by atoms with Crippen LogP contribution in [0.25, 0.3) is 0 Å². The number of ether oxygens (including phenoxy) is 1. The van der Waals surface area contributed by atoms with E-state index in [0.717, 1.165) is 48.7 Å². The summed E-state index contributed by atoms with van der Waals surface area (Å²) in [6.45, 7) is 5.48. The van der Waals surface area contributed by atoms with Crippen LogP contribution in [0, 0.1) is 0 Å². The second kappa shape index (κ2) is 9.99. The van der Waals surface area contributed by atoms with Crippen molar-refractivity contribution < 1.29 is 27.5 Å². The van der Waals surface area contributed by atoms with Crippen LogP contribution in [0.5, 0.6) is 0 Å². The summed E-state index contributed by atoms with van der Waals surface area (Å²) in [5.41, 5.74) is -0.00748. The fourth-order valence-electron chi connectivity index (χ4n) is 3.41. The molecule has 0 spiro atoms. The molecule has 1 aromatic carbocycles. The van der Waals surface area contributed by atoms with Crippen molar-refractivity contribution in [3.63, 3.8) is 0 Å². The Morgan fingerprint density at radius 3 is 2.28 bits per heavy atom. The number of amides is 2. The molecule has 3 rings (SSSR count). The molecular formula is C22H25F3N4O3. The Bertz CT molecular complexity index is 923. The van der Waals surface area contributed by atoms with Gasteiger partial charge in [0.2, 0.25) is 5.91 Å². The molecular weight excluding hydrogens is 425 g/mol. The summed E-state index contributed by atoms with van der Waals surface area (Å²) < 4.78 is 43.5. The summed E-state index contributed by atoms with van der Waals surface area (Å²) in [7, 11) is 0. The molecule has 2 amide bonds. The van der Waals surface area contributed by atoms with Gasteiger partial charge in [-0.15, -0.1) is 0 Å². The highest BCUT2D eigenvalue weighted by molar-refractivity contribution is 5.96. The SMILES string of the molecule is CC1CN(c2ccc(CNC(=O)CNC(=O)c3ccc(C(F)(F)F)cc3)cn2)CC(C)O1. The molecule has 1 aliphatic heterocycles. The average Bonchev–Trinajstić information content (AvgIpc) is 2.75. The van der Waals surface area contributed by atoms with E-state index in [0.29, 0.717) is 0 Å². The highest BCUT2D eigenvalue weighted by atomic mass is 19.4. The number of pyridine rings is 1. The standard InChI is InChI=1S/C22H25F3N4O3/c1-14-12-29(13-15(2)32-14)19-8-3-16(9-26-19)10-27-20(30)11-28-21(31)17-4-6-18(7-5-17)22(23,24)25/h3-9,14-15H,10-13H2,1-2H3,(H,27,30)(H,28,31). The number of nitrogens with one attached hydrogen (secondary N) is 2. The Balaban J connectivity index is 1.44. The van der Waals surface area contributed by atoms with Crippen LogP contribution in [0.2, 0.25) is 0 Å². The number of aromatic nitrogens is 1. The number of hydrogen-bond donors (Lipinski definition) is 2. The molecule has 0 saturated carbocycles. The van der Waals surface area contributed by atoms with E-state index in [2.05, 4.69) is 20.5 Å². The minimum atomic E-state index is -4.47. The van der Waals surface area contributed by atoms with Crippen molar-refractivity contribution in [3.8, 4) is 0 Å². The van der Waals surface area contributed by atoms with Crippen molar-refractivity contribution in [3.05, 3.63) is 59.3 Å². The molecule has 2 unspecified atom stereocenters. The van der Waals surface area contributed by atoms with Gasteiger partial charge in [-0.1, -0.05) is 6.07 Å². The van der Waals surface area contributed by atoms with Crippen LogP contribution in [-0.2, 0) is 22.3 Å². The number of alkyl halides is 3. The molecule has 172 valence electrons. The lowest BCUT2D eigenvalue weighted by atomic mass is 10.1. The fraction of sp³-hybridized carbons (Fsp3) is 0.409. The third kappa shape index (κ3) is 6.43. The smallest absolute Gasteiger partial charge is 0.372 e. The summed E-state index contributed by atoms with van der Waals surface area (Å²) >= 11 is 0. The minimum absolute atomic E-state index is 0.0392. The largest absolute Gasteiger partial charge is 0.416 e. The first kappa shape index (κ1) is 23.5. The number of hydrogen-bond acceptors (Lipinski definition) is 5. The van der Waals surface area contributed by atoms with Gasteiger partial charge in [-0.05, 0) is 49.7 Å². The Morgan fingerprint density at radius 1 is 1.06 bits per heavy atom. The Labute approximate surface area is 184 Å². The first-order valence-corrected chi connectivity index (χ1v) is 10.2. The van der Waals surface area contributed by atoms with E-state index in [1.54, 1.807) is 6.20 Å². The predicted molar refractivity (Wildman–Crippen MR) is 112 cm³/mol. The molecule has 2 heterocycles. The topological polar surface area (TPSA) is 83.6 Å². The van der Waals surface area contributed by atoms with E-state index in [1.807, 2.05) is 26.0 Å². The van der Waals surface area contributed by atoms with Crippen LogP contribution in [0.1, 0.15) is 35.3 Å². The number of halogens is 3. The molecule has 1 saturated heterocycles. The van der Waals surface area contributed by atoms with Crippen LogP contribution >= 0.6 is 0 Å². The van der Waals surface area contributed by atoms with E-state index < -0.39 is 23.6 Å². The molecule has 1 aromatic heterocycles. The third-order valence-electron chi connectivity index (χ3n) is 4.93. The van der Waals surface area contributed by atoms with E-state index in [4.69, 9.17) is 4.74 Å². The lowest BCUT2D eigenvalue weighted by Gasteiger charge is -2.36. The number of nitrogens with zero attached hydrogens (tertiary/aromatic N) is 2. The van der Waals surface area contributed by atoms with Gasteiger partial charge in [-0.2, -0.15) is 13.2 Å². The lowest BCUT2D eigenvalue weighted by Crippen LogP contribution is -2.45. The second-order valence-corrected chi connectivity index (χ2v) is 7.72. The molecule has 32 heavy (non-hydrogen) atoms. The van der Waals surface area contributed by atoms with Gasteiger partial charge in [0.1, 0.15) is 5.82 Å². The summed E-state index contributed by atoms with van der Waals surface area (Å²) in [6, 6.07) is 7.54. The van der Waals surface area contributed by atoms with Crippen LogP contribution in [0.15, 0.2) is 42.6 Å². The molecule has 2 N–H and O–H groups in total. The average molecular weight is 450 g/mol. The Hall–Kier alpha value is -3.14. The van der Waals surface area contributed by atoms with Gasteiger partial charge in [0, 0.05) is 31.4 Å². The third-order valence-corrected chi connectivity index (χ3v) is 4.93. The first-order chi connectivity index (χ1) is 15.1. The van der Waals surface area contributed by atoms with Crippen molar-refractivity contribution >= 4 is 17.6 Å². The summed E-state index contributed by atoms with van der Waals surface area (Å²) in [5.74, 6) is -0.218. The van der Waals surface area contributed by atoms with E-state index >= 15 is 0 Å². The van der Waals surface area contributed by atoms with Gasteiger partial charge >= 0.3 is 6.18 Å². The van der Waals surface area contributed by atoms with E-state index in [9.17, 15) is 22.8 Å². The zero-order chi connectivity index (χ0) is 23.3. The molecule has 2 atom stereocenters. The molecule has 0 bridgehead atoms. The van der Waals surface area contributed by atoms with Crippen LogP contribution in [0.3, 0.4) is 0 Å². The van der Waals surface area contributed by atoms with E-state index in [1.165, 1.54) is 0 Å². The lowest BCUT2D eigenvalue weighted by molar-refractivity contribution is -0.137. The quantitative estimate of drug-likeness (QED) is 0.707. The van der Waals surface area contributed by atoms with Gasteiger partial charge in [-0.3, -0.25) is 9.59 Å². The first-order valence-electron chi connectivity index (χ1n) is 10.2. The van der Waals surface area contributed by atoms with Crippen molar-refractivity contribution in [2.24, 2.45) is 0 Å². The van der Waals surface area contributed by atoms with Gasteiger partial charge in [0.05, 0.1) is 24.3 Å². The Kier molecular flexibility index (Phi) is 7.34. The molecule has 0 radical (unpaired) electrons. The number of carbonyl (C=O) groups excluding carboxylic acids is 2. The van der Waals surface area contributed by atoms with Crippen LogP contribution in [0.4, 0.5) is 19.0 Å². The van der Waals surface area contributed by atoms with Crippen molar-refractivity contribution in [1.29, 1.82) is 0 Å². The highest BCUT2D eigenvalue weighted by Crippen LogP contribution is 2.29. The molecule has 10 heteroatoms. The predicted octanol–water partition coefficient (Wildman–Crippen LogP) is 2.76. The number of benzene rings is 1. The van der Waals surface area contributed by atoms with Crippen molar-refractivity contribution in [2.45, 2.75) is 38.8 Å². The molecule has 2 aromatic rings. The molecule has 7 nitrogen and oxygen atoms in total. The van der Waals surface area contributed by atoms with Gasteiger partial charge < -0.3 is 20.3 Å². The van der Waals surface area contributed by atoms with Crippen LogP contribution in [-0.4, -0.2) is 48.6 Å². The van der Waals surface area contributed by atoms with E-state index in [-0.39, 0.29) is 30.9 Å². The number of rotatable bonds is 6. The van der Waals surface area contributed by atoms with Gasteiger partial charge in [-0.25, -0.2) is 4.98 Å². The minimum Gasteiger partial charge on any atom is -0.372 e. The Morgan fingerprint density at radius 2 is 1.72 bits per heavy atom. The van der Waals surface area contributed by atoms with Crippen molar-refractivity contribution in [2.75, 3.05) is 24.5 Å². The van der Waals surface area contributed by atoms with Gasteiger partial charge in [0.25, 0.3) is 5.91 Å². The molecule has 1 aliphatic rings. The molecule has 0 aliphatic carbocycles. The maximum absolute atomic E-state index is 12.6. The second-order valence-electron chi connectivity index (χ2n) is 7.72. The summed E-state index contributed by atoms with van der Waals surface area (Å²) in [4.78, 5) is 30.6. The summed E-state index contributed by atoms with van der Waals surface area (Å²) in [6.07, 6.45) is -2.54. The van der Waals surface area contributed by atoms with Crippen LogP contribution < -0.4 is 15.5 Å². The monoisotopic (exact) mass is 450 g/mol. The maximum Gasteiger partial charge on any atom is 0.416 e. The van der Waals surface area contributed by atoms with Gasteiger partial charge in [0.15, 0.2) is 0 Å².